The Morgan fingerprint density at radius 2 is 1.95 bits per heavy atom. The summed E-state index contributed by atoms with van der Waals surface area (Å²) in [5, 5.41) is 6.85. The van der Waals surface area contributed by atoms with E-state index in [0.717, 1.165) is 10.0 Å². The molecular formula is C16H20BrN3O2. The lowest BCUT2D eigenvalue weighted by Gasteiger charge is -2.18. The van der Waals surface area contributed by atoms with Gasteiger partial charge in [-0.2, -0.15) is 4.98 Å². The van der Waals surface area contributed by atoms with Crippen molar-refractivity contribution in [2.75, 3.05) is 0 Å². The highest BCUT2D eigenvalue weighted by atomic mass is 79.9. The minimum Gasteiger partial charge on any atom is -0.345 e. The van der Waals surface area contributed by atoms with Crippen LogP contribution < -0.4 is 5.32 Å². The van der Waals surface area contributed by atoms with E-state index in [1.165, 1.54) is 0 Å². The number of halogens is 1. The van der Waals surface area contributed by atoms with E-state index >= 15 is 0 Å². The van der Waals surface area contributed by atoms with Crippen molar-refractivity contribution in [1.82, 2.24) is 15.5 Å². The maximum atomic E-state index is 12.0. The zero-order valence-corrected chi connectivity index (χ0v) is 14.8. The molecule has 1 aromatic heterocycles. The monoisotopic (exact) mass is 365 g/mol. The van der Waals surface area contributed by atoms with Crippen LogP contribution in [0.25, 0.3) is 11.4 Å². The predicted molar refractivity (Wildman–Crippen MR) is 88.1 cm³/mol. The number of hydrogen-bond acceptors (Lipinski definition) is 4. The lowest BCUT2D eigenvalue weighted by Crippen LogP contribution is -2.30. The first-order valence-electron chi connectivity index (χ1n) is 7.13. The van der Waals surface area contributed by atoms with Crippen molar-refractivity contribution in [2.24, 2.45) is 5.41 Å². The van der Waals surface area contributed by atoms with E-state index in [1.54, 1.807) is 0 Å². The van der Waals surface area contributed by atoms with Gasteiger partial charge in [0, 0.05) is 16.5 Å². The number of rotatable bonds is 4. The SMILES string of the molecule is C[C@@H](NC(=O)CC(C)(C)C)c1nc(-c2ccc(Br)cc2)no1. The van der Waals surface area contributed by atoms with Crippen LogP contribution in [0.4, 0.5) is 0 Å². The molecule has 5 nitrogen and oxygen atoms in total. The number of carbonyl (C=O) groups is 1. The van der Waals surface area contributed by atoms with Gasteiger partial charge in [0.15, 0.2) is 0 Å². The third kappa shape index (κ3) is 4.66. The number of amides is 1. The second-order valence-electron chi connectivity index (χ2n) is 6.49. The van der Waals surface area contributed by atoms with Gasteiger partial charge in [-0.05, 0) is 36.6 Å². The lowest BCUT2D eigenvalue weighted by molar-refractivity contribution is -0.123. The Kier molecular flexibility index (Phi) is 5.01. The summed E-state index contributed by atoms with van der Waals surface area (Å²) in [6.07, 6.45) is 0.449. The highest BCUT2D eigenvalue weighted by Crippen LogP contribution is 2.22. The van der Waals surface area contributed by atoms with Gasteiger partial charge in [0.2, 0.25) is 17.6 Å². The maximum absolute atomic E-state index is 12.0. The largest absolute Gasteiger partial charge is 0.345 e. The fourth-order valence-corrected chi connectivity index (χ4v) is 2.23. The Bertz CT molecular complexity index is 644. The number of nitrogens with zero attached hydrogens (tertiary/aromatic N) is 2. The van der Waals surface area contributed by atoms with E-state index in [2.05, 4.69) is 31.4 Å². The van der Waals surface area contributed by atoms with Gasteiger partial charge in [0.05, 0.1) is 0 Å². The zero-order chi connectivity index (χ0) is 16.3. The van der Waals surface area contributed by atoms with E-state index in [-0.39, 0.29) is 17.4 Å². The normalized spacial score (nSPS) is 13.0. The van der Waals surface area contributed by atoms with Crippen molar-refractivity contribution in [2.45, 2.75) is 40.2 Å². The molecule has 118 valence electrons. The van der Waals surface area contributed by atoms with Gasteiger partial charge in [-0.25, -0.2) is 0 Å². The fraction of sp³-hybridized carbons (Fsp3) is 0.438. The molecule has 0 aliphatic carbocycles. The number of nitrogens with one attached hydrogen (secondary N) is 1. The lowest BCUT2D eigenvalue weighted by atomic mass is 9.92. The summed E-state index contributed by atoms with van der Waals surface area (Å²) in [6.45, 7) is 7.90. The van der Waals surface area contributed by atoms with Gasteiger partial charge in [0.1, 0.15) is 6.04 Å². The topological polar surface area (TPSA) is 68.0 Å². The van der Waals surface area contributed by atoms with Crippen LogP contribution in [0.15, 0.2) is 33.3 Å². The highest BCUT2D eigenvalue weighted by Gasteiger charge is 2.21. The van der Waals surface area contributed by atoms with Gasteiger partial charge in [-0.1, -0.05) is 41.9 Å². The molecule has 2 rings (SSSR count). The average molecular weight is 366 g/mol. The second kappa shape index (κ2) is 6.60. The van der Waals surface area contributed by atoms with E-state index < -0.39 is 0 Å². The summed E-state index contributed by atoms with van der Waals surface area (Å²) < 4.78 is 6.24. The van der Waals surface area contributed by atoms with Gasteiger partial charge in [-0.3, -0.25) is 4.79 Å². The van der Waals surface area contributed by atoms with Gasteiger partial charge < -0.3 is 9.84 Å². The standard InChI is InChI=1S/C16H20BrN3O2/c1-10(18-13(21)9-16(2,3)4)15-19-14(20-22-15)11-5-7-12(17)8-6-11/h5-8,10H,9H2,1-4H3,(H,18,21)/t10-/m1/s1. The summed E-state index contributed by atoms with van der Waals surface area (Å²) in [7, 11) is 0. The van der Waals surface area contributed by atoms with Crippen LogP contribution in [0.3, 0.4) is 0 Å². The van der Waals surface area contributed by atoms with Gasteiger partial charge in [0.25, 0.3) is 0 Å². The summed E-state index contributed by atoms with van der Waals surface area (Å²) in [6, 6.07) is 7.33. The van der Waals surface area contributed by atoms with Crippen LogP contribution in [-0.2, 0) is 4.79 Å². The quantitative estimate of drug-likeness (QED) is 0.884. The third-order valence-corrected chi connectivity index (χ3v) is 3.51. The maximum Gasteiger partial charge on any atom is 0.249 e. The van der Waals surface area contributed by atoms with Gasteiger partial charge in [-0.15, -0.1) is 0 Å². The number of carbonyl (C=O) groups excluding carboxylic acids is 1. The molecule has 2 aromatic rings. The number of hydrogen-bond donors (Lipinski definition) is 1. The molecule has 0 bridgehead atoms. The highest BCUT2D eigenvalue weighted by molar-refractivity contribution is 9.10. The van der Waals surface area contributed by atoms with Crippen LogP contribution >= 0.6 is 15.9 Å². The van der Waals surface area contributed by atoms with Gasteiger partial charge >= 0.3 is 0 Å². The minimum atomic E-state index is -0.313. The molecule has 1 aromatic carbocycles. The van der Waals surface area contributed by atoms with Crippen LogP contribution in [-0.4, -0.2) is 16.0 Å². The fourth-order valence-electron chi connectivity index (χ4n) is 1.96. The molecule has 0 saturated heterocycles. The first-order valence-corrected chi connectivity index (χ1v) is 7.93. The van der Waals surface area contributed by atoms with Crippen LogP contribution in [0.2, 0.25) is 0 Å². The Morgan fingerprint density at radius 1 is 1.32 bits per heavy atom. The van der Waals surface area contributed by atoms with Crippen molar-refractivity contribution in [3.8, 4) is 11.4 Å². The molecule has 22 heavy (non-hydrogen) atoms. The molecule has 6 heteroatoms. The van der Waals surface area contributed by atoms with Crippen molar-refractivity contribution in [3.05, 3.63) is 34.6 Å². The Labute approximate surface area is 138 Å². The second-order valence-corrected chi connectivity index (χ2v) is 7.41. The van der Waals surface area contributed by atoms with Crippen LogP contribution in [0.5, 0.6) is 0 Å². The van der Waals surface area contributed by atoms with E-state index in [4.69, 9.17) is 4.52 Å². The molecule has 1 atom stereocenters. The molecule has 1 heterocycles. The molecule has 1 N–H and O–H groups in total. The molecule has 0 saturated carbocycles. The number of benzene rings is 1. The Balaban J connectivity index is 2.04. The molecular weight excluding hydrogens is 346 g/mol. The Hall–Kier alpha value is -1.69. The summed E-state index contributed by atoms with van der Waals surface area (Å²) in [4.78, 5) is 16.3. The molecule has 0 aliphatic rings. The molecule has 0 radical (unpaired) electrons. The van der Waals surface area contributed by atoms with Crippen molar-refractivity contribution in [1.29, 1.82) is 0 Å². The van der Waals surface area contributed by atoms with Crippen LogP contribution in [0.1, 0.15) is 46.0 Å². The van der Waals surface area contributed by atoms with E-state index in [9.17, 15) is 4.79 Å². The van der Waals surface area contributed by atoms with E-state index in [1.807, 2.05) is 52.0 Å². The van der Waals surface area contributed by atoms with Crippen LogP contribution in [0, 0.1) is 5.41 Å². The summed E-state index contributed by atoms with van der Waals surface area (Å²) in [5.74, 6) is 0.892. The van der Waals surface area contributed by atoms with Crippen molar-refractivity contribution in [3.63, 3.8) is 0 Å². The predicted octanol–water partition coefficient (Wildman–Crippen LogP) is 4.11. The van der Waals surface area contributed by atoms with Crippen molar-refractivity contribution >= 4 is 21.8 Å². The summed E-state index contributed by atoms with van der Waals surface area (Å²) in [5.41, 5.74) is 0.813. The molecule has 0 unspecified atom stereocenters. The molecule has 0 aliphatic heterocycles. The zero-order valence-electron chi connectivity index (χ0n) is 13.2. The first kappa shape index (κ1) is 16.7. The minimum absolute atomic E-state index is 0.0246. The molecule has 0 fully saturated rings. The average Bonchev–Trinajstić information content (AvgIpc) is 2.86. The summed E-state index contributed by atoms with van der Waals surface area (Å²) >= 11 is 3.39. The third-order valence-electron chi connectivity index (χ3n) is 2.98. The van der Waals surface area contributed by atoms with E-state index in [0.29, 0.717) is 18.1 Å². The smallest absolute Gasteiger partial charge is 0.249 e. The molecule has 1 amide bonds. The van der Waals surface area contributed by atoms with Crippen molar-refractivity contribution < 1.29 is 9.32 Å². The Morgan fingerprint density at radius 3 is 2.55 bits per heavy atom. The number of aromatic nitrogens is 2. The first-order chi connectivity index (χ1) is 10.2. The molecule has 0 spiro atoms.